The van der Waals surface area contributed by atoms with Crippen molar-refractivity contribution in [3.05, 3.63) is 131 Å². The lowest BCUT2D eigenvalue weighted by Gasteiger charge is -2.40. The van der Waals surface area contributed by atoms with Gasteiger partial charge in [0, 0.05) is 0 Å². The SMILES string of the molecule is Cc1ccc(N2C(=O)/C(=C\C=C\c3ccccc3)C(=O)N(C(C)c3cccc4ccccc34)C2=S)cc1. The molecule has 1 fully saturated rings. The molecule has 1 unspecified atom stereocenters. The third-order valence-corrected chi connectivity index (χ3v) is 6.96. The zero-order valence-electron chi connectivity index (χ0n) is 20.7. The molecule has 4 aromatic carbocycles. The minimum absolute atomic E-state index is 0.0634. The van der Waals surface area contributed by atoms with Crippen LogP contribution in [0.15, 0.2) is 115 Å². The Labute approximate surface area is 222 Å². The minimum Gasteiger partial charge on any atom is -0.277 e. The van der Waals surface area contributed by atoms with Crippen LogP contribution in [0.3, 0.4) is 0 Å². The van der Waals surface area contributed by atoms with E-state index in [2.05, 4.69) is 0 Å². The predicted octanol–water partition coefficient (Wildman–Crippen LogP) is 7.01. The summed E-state index contributed by atoms with van der Waals surface area (Å²) in [6, 6.07) is 31.0. The number of benzene rings is 4. The molecule has 0 N–H and O–H groups in total. The number of nitrogens with zero attached hydrogens (tertiary/aromatic N) is 2. The first-order valence-electron chi connectivity index (χ1n) is 12.2. The van der Waals surface area contributed by atoms with Crippen LogP contribution in [0.5, 0.6) is 0 Å². The molecule has 0 spiro atoms. The molecule has 5 heteroatoms. The number of thiocarbonyl (C=S) groups is 1. The molecule has 1 aliphatic rings. The second-order valence-electron chi connectivity index (χ2n) is 9.03. The number of aryl methyl sites for hydroxylation is 1. The van der Waals surface area contributed by atoms with Crippen LogP contribution in [0.4, 0.5) is 5.69 Å². The van der Waals surface area contributed by atoms with Crippen LogP contribution in [0, 0.1) is 6.92 Å². The number of rotatable bonds is 5. The fourth-order valence-corrected chi connectivity index (χ4v) is 5.03. The summed E-state index contributed by atoms with van der Waals surface area (Å²) < 4.78 is 0. The molecular formula is C32H26N2O2S. The highest BCUT2D eigenvalue weighted by atomic mass is 32.1. The molecule has 0 aromatic heterocycles. The quantitative estimate of drug-likeness (QED) is 0.167. The smallest absolute Gasteiger partial charge is 0.270 e. The first kappa shape index (κ1) is 24.3. The highest BCUT2D eigenvalue weighted by molar-refractivity contribution is 7.80. The van der Waals surface area contributed by atoms with Crippen molar-refractivity contribution in [2.45, 2.75) is 19.9 Å². The van der Waals surface area contributed by atoms with Gasteiger partial charge in [0.15, 0.2) is 5.11 Å². The molecule has 1 heterocycles. The maximum Gasteiger partial charge on any atom is 0.270 e. The molecule has 4 aromatic rings. The van der Waals surface area contributed by atoms with Crippen LogP contribution in [0.2, 0.25) is 0 Å². The summed E-state index contributed by atoms with van der Waals surface area (Å²) in [5.74, 6) is -0.838. The molecule has 1 saturated heterocycles. The second kappa shape index (κ2) is 10.3. The molecule has 0 radical (unpaired) electrons. The largest absolute Gasteiger partial charge is 0.277 e. The zero-order valence-corrected chi connectivity index (χ0v) is 21.5. The lowest BCUT2D eigenvalue weighted by Crippen LogP contribution is -2.57. The topological polar surface area (TPSA) is 40.6 Å². The Morgan fingerprint density at radius 2 is 1.46 bits per heavy atom. The number of hydrogen-bond donors (Lipinski definition) is 0. The van der Waals surface area contributed by atoms with Crippen LogP contribution in [-0.2, 0) is 9.59 Å². The van der Waals surface area contributed by atoms with Gasteiger partial charge in [-0.1, -0.05) is 103 Å². The van der Waals surface area contributed by atoms with Gasteiger partial charge in [-0.05, 0) is 66.2 Å². The number of anilines is 1. The van der Waals surface area contributed by atoms with E-state index in [9.17, 15) is 9.59 Å². The summed E-state index contributed by atoms with van der Waals surface area (Å²) >= 11 is 5.82. The molecule has 4 nitrogen and oxygen atoms in total. The van der Waals surface area contributed by atoms with E-state index in [0.717, 1.165) is 27.5 Å². The van der Waals surface area contributed by atoms with Gasteiger partial charge in [-0.15, -0.1) is 0 Å². The van der Waals surface area contributed by atoms with Gasteiger partial charge in [0.1, 0.15) is 5.57 Å². The van der Waals surface area contributed by atoms with Crippen LogP contribution in [-0.4, -0.2) is 21.8 Å². The molecular weight excluding hydrogens is 476 g/mol. The van der Waals surface area contributed by atoms with Gasteiger partial charge in [-0.2, -0.15) is 0 Å². The van der Waals surface area contributed by atoms with Crippen molar-refractivity contribution in [2.24, 2.45) is 0 Å². The summed E-state index contributed by atoms with van der Waals surface area (Å²) in [5, 5.41) is 2.29. The van der Waals surface area contributed by atoms with E-state index in [4.69, 9.17) is 12.2 Å². The van der Waals surface area contributed by atoms with Crippen molar-refractivity contribution < 1.29 is 9.59 Å². The first-order valence-corrected chi connectivity index (χ1v) is 12.6. The van der Waals surface area contributed by atoms with Crippen LogP contribution in [0.1, 0.15) is 29.7 Å². The molecule has 0 bridgehead atoms. The van der Waals surface area contributed by atoms with E-state index in [1.165, 1.54) is 4.90 Å². The van der Waals surface area contributed by atoms with Gasteiger partial charge >= 0.3 is 0 Å². The lowest BCUT2D eigenvalue weighted by molar-refractivity contribution is -0.129. The number of carbonyl (C=O) groups excluding carboxylic acids is 2. The normalized spacial score (nSPS) is 16.3. The summed E-state index contributed by atoms with van der Waals surface area (Å²) in [4.78, 5) is 30.6. The maximum absolute atomic E-state index is 13.9. The van der Waals surface area contributed by atoms with Crippen LogP contribution < -0.4 is 4.90 Å². The minimum atomic E-state index is -0.432. The third kappa shape index (κ3) is 4.74. The molecule has 2 amide bonds. The van der Waals surface area contributed by atoms with Crippen LogP contribution >= 0.6 is 12.2 Å². The molecule has 5 rings (SSSR count). The number of hydrogen-bond acceptors (Lipinski definition) is 3. The highest BCUT2D eigenvalue weighted by Gasteiger charge is 2.42. The average Bonchev–Trinajstić information content (AvgIpc) is 2.92. The molecule has 1 atom stereocenters. The average molecular weight is 503 g/mol. The van der Waals surface area contributed by atoms with Crippen LogP contribution in [0.25, 0.3) is 16.8 Å². The second-order valence-corrected chi connectivity index (χ2v) is 9.39. The zero-order chi connectivity index (χ0) is 25.9. The summed E-state index contributed by atoms with van der Waals surface area (Å²) in [5.41, 5.74) is 3.69. The molecule has 0 aliphatic carbocycles. The Kier molecular flexibility index (Phi) is 6.80. The van der Waals surface area contributed by atoms with Gasteiger partial charge in [0.05, 0.1) is 11.7 Å². The monoisotopic (exact) mass is 502 g/mol. The van der Waals surface area contributed by atoms with Crippen molar-refractivity contribution in [2.75, 3.05) is 4.90 Å². The van der Waals surface area contributed by atoms with Crippen molar-refractivity contribution in [3.8, 4) is 0 Å². The number of allylic oxidation sites excluding steroid dienone is 2. The predicted molar refractivity (Wildman–Crippen MR) is 154 cm³/mol. The standard InChI is InChI=1S/C32H26N2O2S/c1-22-18-20-26(21-19-22)34-31(36)29(17-8-12-24-10-4-3-5-11-24)30(35)33(32(34)37)23(2)27-16-9-14-25-13-6-7-15-28(25)27/h3-21,23H,1-2H3/b12-8+,29-17-. The van der Waals surface area contributed by atoms with E-state index >= 15 is 0 Å². The van der Waals surface area contributed by atoms with Gasteiger partial charge in [0.2, 0.25) is 0 Å². The van der Waals surface area contributed by atoms with E-state index in [1.54, 1.807) is 17.1 Å². The third-order valence-electron chi connectivity index (χ3n) is 6.58. The van der Waals surface area contributed by atoms with Gasteiger partial charge in [-0.3, -0.25) is 19.4 Å². The van der Waals surface area contributed by atoms with Crippen molar-refractivity contribution in [3.63, 3.8) is 0 Å². The number of fused-ring (bicyclic) bond motifs is 1. The Morgan fingerprint density at radius 1 is 0.784 bits per heavy atom. The Bertz CT molecular complexity index is 1550. The summed E-state index contributed by atoms with van der Waals surface area (Å²) in [6.45, 7) is 3.94. The number of amides is 2. The van der Waals surface area contributed by atoms with E-state index in [0.29, 0.717) is 5.69 Å². The molecule has 37 heavy (non-hydrogen) atoms. The lowest BCUT2D eigenvalue weighted by atomic mass is 9.97. The molecule has 182 valence electrons. The van der Waals surface area contributed by atoms with Gasteiger partial charge in [-0.25, -0.2) is 0 Å². The first-order chi connectivity index (χ1) is 18.0. The van der Waals surface area contributed by atoms with Crippen molar-refractivity contribution in [1.82, 2.24) is 4.90 Å². The fourth-order valence-electron chi connectivity index (χ4n) is 4.60. The molecule has 0 saturated carbocycles. The Morgan fingerprint density at radius 3 is 2.22 bits per heavy atom. The summed E-state index contributed by atoms with van der Waals surface area (Å²) in [7, 11) is 0. The van der Waals surface area contributed by atoms with E-state index in [-0.39, 0.29) is 10.7 Å². The molecule has 1 aliphatic heterocycles. The van der Waals surface area contributed by atoms with Gasteiger partial charge < -0.3 is 0 Å². The summed E-state index contributed by atoms with van der Waals surface area (Å²) in [6.07, 6.45) is 5.20. The van der Waals surface area contributed by atoms with Crippen molar-refractivity contribution >= 4 is 51.7 Å². The fraction of sp³-hybridized carbons (Fsp3) is 0.0938. The Balaban J connectivity index is 1.60. The maximum atomic E-state index is 13.9. The van der Waals surface area contributed by atoms with Crippen molar-refractivity contribution in [1.29, 1.82) is 0 Å². The van der Waals surface area contributed by atoms with Gasteiger partial charge in [0.25, 0.3) is 11.8 Å². The number of carbonyl (C=O) groups is 2. The van der Waals surface area contributed by atoms with E-state index < -0.39 is 17.9 Å². The Hall–Kier alpha value is -4.35. The highest BCUT2D eigenvalue weighted by Crippen LogP contribution is 2.34. The van der Waals surface area contributed by atoms with E-state index in [1.807, 2.05) is 117 Å².